The maximum Gasteiger partial charge on any atom is 0.137 e. The minimum atomic E-state index is 1.01. The van der Waals surface area contributed by atoms with E-state index >= 15 is 0 Å². The van der Waals surface area contributed by atoms with Crippen molar-refractivity contribution in [3.05, 3.63) is 47.6 Å². The number of aromatic nitrogens is 2. The van der Waals surface area contributed by atoms with E-state index in [1.54, 1.807) is 0 Å². The van der Waals surface area contributed by atoms with Crippen LogP contribution in [-0.4, -0.2) is 27.4 Å². The Kier molecular flexibility index (Phi) is 3.95. The van der Waals surface area contributed by atoms with E-state index in [0.29, 0.717) is 0 Å². The number of likely N-dealkylation sites (tertiary alicyclic amines) is 1. The van der Waals surface area contributed by atoms with E-state index in [1.165, 1.54) is 48.5 Å². The van der Waals surface area contributed by atoms with Gasteiger partial charge in [0.15, 0.2) is 0 Å². The molecule has 0 amide bonds. The highest BCUT2D eigenvalue weighted by Crippen LogP contribution is 2.29. The van der Waals surface area contributed by atoms with E-state index < -0.39 is 0 Å². The Morgan fingerprint density at radius 2 is 1.86 bits per heavy atom. The van der Waals surface area contributed by atoms with Crippen molar-refractivity contribution in [2.24, 2.45) is 0 Å². The van der Waals surface area contributed by atoms with Gasteiger partial charge in [-0.05, 0) is 50.2 Å². The van der Waals surface area contributed by atoms with E-state index in [2.05, 4.69) is 39.9 Å². The van der Waals surface area contributed by atoms with Crippen molar-refractivity contribution in [1.29, 1.82) is 0 Å². The average molecular weight is 311 g/mol. The minimum Gasteiger partial charge on any atom is -0.306 e. The first-order valence-corrected chi connectivity index (χ1v) is 8.95. The molecule has 1 saturated heterocycles. The lowest BCUT2D eigenvalue weighted by Crippen LogP contribution is -2.23. The number of thiophene rings is 1. The van der Waals surface area contributed by atoms with E-state index in [-0.39, 0.29) is 0 Å². The maximum absolute atomic E-state index is 4.72. The maximum atomic E-state index is 4.72. The van der Waals surface area contributed by atoms with Crippen LogP contribution in [0.15, 0.2) is 42.7 Å². The van der Waals surface area contributed by atoms with Crippen LogP contribution in [0, 0.1) is 0 Å². The number of imidazole rings is 1. The smallest absolute Gasteiger partial charge is 0.137 e. The molecule has 114 valence electrons. The monoisotopic (exact) mass is 311 g/mol. The van der Waals surface area contributed by atoms with E-state index in [1.807, 2.05) is 23.5 Å². The summed E-state index contributed by atoms with van der Waals surface area (Å²) in [6.45, 7) is 3.60. The summed E-state index contributed by atoms with van der Waals surface area (Å²) in [5.74, 6) is 0. The predicted molar refractivity (Wildman–Crippen MR) is 92.3 cm³/mol. The molecule has 4 heterocycles. The average Bonchev–Trinajstić information content (AvgIpc) is 3.08. The van der Waals surface area contributed by atoms with E-state index in [4.69, 9.17) is 4.98 Å². The highest BCUT2D eigenvalue weighted by atomic mass is 32.1. The summed E-state index contributed by atoms with van der Waals surface area (Å²) in [6, 6.07) is 10.6. The Balaban J connectivity index is 1.53. The summed E-state index contributed by atoms with van der Waals surface area (Å²) in [5, 5.41) is 0. The molecule has 0 aromatic carbocycles. The van der Waals surface area contributed by atoms with Gasteiger partial charge in [0.1, 0.15) is 5.65 Å². The zero-order valence-electron chi connectivity index (χ0n) is 12.7. The molecule has 0 saturated carbocycles. The quantitative estimate of drug-likeness (QED) is 0.713. The van der Waals surface area contributed by atoms with Gasteiger partial charge in [-0.15, -0.1) is 11.3 Å². The van der Waals surface area contributed by atoms with Crippen molar-refractivity contribution in [3.8, 4) is 10.6 Å². The first-order valence-electron chi connectivity index (χ1n) is 8.14. The number of hydrogen-bond donors (Lipinski definition) is 0. The molecule has 3 aromatic heterocycles. The second-order valence-electron chi connectivity index (χ2n) is 6.05. The second kappa shape index (κ2) is 6.23. The lowest BCUT2D eigenvalue weighted by molar-refractivity contribution is 0.279. The molecule has 1 aliphatic rings. The van der Waals surface area contributed by atoms with Crippen LogP contribution in [0.3, 0.4) is 0 Å². The highest BCUT2D eigenvalue weighted by molar-refractivity contribution is 7.15. The molecule has 0 unspecified atom stereocenters. The molecule has 4 rings (SSSR count). The largest absolute Gasteiger partial charge is 0.306 e. The van der Waals surface area contributed by atoms with Crippen LogP contribution in [-0.2, 0) is 6.54 Å². The van der Waals surface area contributed by atoms with Crippen molar-refractivity contribution >= 4 is 17.0 Å². The molecular formula is C18H21N3S. The van der Waals surface area contributed by atoms with Crippen LogP contribution in [0.5, 0.6) is 0 Å². The molecule has 0 aliphatic carbocycles. The van der Waals surface area contributed by atoms with Gasteiger partial charge in [0.05, 0.1) is 10.6 Å². The molecule has 0 spiro atoms. The molecule has 3 nitrogen and oxygen atoms in total. The van der Waals surface area contributed by atoms with Crippen LogP contribution in [0.1, 0.15) is 30.6 Å². The zero-order chi connectivity index (χ0) is 14.8. The van der Waals surface area contributed by atoms with Gasteiger partial charge in [0.25, 0.3) is 0 Å². The highest BCUT2D eigenvalue weighted by Gasteiger charge is 2.12. The summed E-state index contributed by atoms with van der Waals surface area (Å²) in [7, 11) is 0. The van der Waals surface area contributed by atoms with Gasteiger partial charge in [0, 0.05) is 23.8 Å². The van der Waals surface area contributed by atoms with Crippen LogP contribution < -0.4 is 0 Å². The van der Waals surface area contributed by atoms with Gasteiger partial charge in [-0.25, -0.2) is 4.98 Å². The normalized spacial score (nSPS) is 16.9. The van der Waals surface area contributed by atoms with Crippen molar-refractivity contribution in [2.45, 2.75) is 32.2 Å². The fourth-order valence-electron chi connectivity index (χ4n) is 3.17. The van der Waals surface area contributed by atoms with Crippen LogP contribution in [0.4, 0.5) is 0 Å². The lowest BCUT2D eigenvalue weighted by Gasteiger charge is -2.18. The van der Waals surface area contributed by atoms with Gasteiger partial charge in [-0.2, -0.15) is 0 Å². The fourth-order valence-corrected chi connectivity index (χ4v) is 4.17. The standard InChI is InChI=1S/C18H21N3S/c1-2-5-11-20(10-4-1)13-15-8-9-17(22-15)16-14-21-12-6-3-7-18(21)19-16/h3,6-9,12,14H,1-2,4-5,10-11,13H2. The molecule has 0 bridgehead atoms. The molecule has 0 N–H and O–H groups in total. The summed E-state index contributed by atoms with van der Waals surface area (Å²) < 4.78 is 2.09. The third-order valence-electron chi connectivity index (χ3n) is 4.36. The Morgan fingerprint density at radius 3 is 2.68 bits per heavy atom. The third kappa shape index (κ3) is 2.94. The zero-order valence-corrected chi connectivity index (χ0v) is 13.6. The van der Waals surface area contributed by atoms with Gasteiger partial charge >= 0.3 is 0 Å². The first-order chi connectivity index (χ1) is 10.9. The van der Waals surface area contributed by atoms with Crippen LogP contribution in [0.2, 0.25) is 0 Å². The Morgan fingerprint density at radius 1 is 1.00 bits per heavy atom. The number of nitrogens with zero attached hydrogens (tertiary/aromatic N) is 3. The molecular weight excluding hydrogens is 290 g/mol. The molecule has 1 fully saturated rings. The van der Waals surface area contributed by atoms with Gasteiger partial charge in [-0.3, -0.25) is 4.90 Å². The van der Waals surface area contributed by atoms with Crippen molar-refractivity contribution < 1.29 is 0 Å². The van der Waals surface area contributed by atoms with Crippen LogP contribution in [0.25, 0.3) is 16.2 Å². The SMILES string of the molecule is c1ccn2cc(-c3ccc(CN4CCCCCC4)s3)nc2c1. The molecule has 1 aliphatic heterocycles. The summed E-state index contributed by atoms with van der Waals surface area (Å²) in [5.41, 5.74) is 2.10. The van der Waals surface area contributed by atoms with E-state index in [9.17, 15) is 0 Å². The van der Waals surface area contributed by atoms with Crippen molar-refractivity contribution in [1.82, 2.24) is 14.3 Å². The number of fused-ring (bicyclic) bond motifs is 1. The molecule has 0 atom stereocenters. The Labute approximate surface area is 135 Å². The van der Waals surface area contributed by atoms with Gasteiger partial charge in [-0.1, -0.05) is 18.9 Å². The number of pyridine rings is 1. The predicted octanol–water partition coefficient (Wildman–Crippen LogP) is 4.44. The second-order valence-corrected chi connectivity index (χ2v) is 7.22. The number of rotatable bonds is 3. The van der Waals surface area contributed by atoms with Crippen molar-refractivity contribution in [2.75, 3.05) is 13.1 Å². The van der Waals surface area contributed by atoms with Gasteiger partial charge in [0.2, 0.25) is 0 Å². The molecule has 22 heavy (non-hydrogen) atoms. The van der Waals surface area contributed by atoms with Crippen molar-refractivity contribution in [3.63, 3.8) is 0 Å². The topological polar surface area (TPSA) is 20.5 Å². The molecule has 4 heteroatoms. The Hall–Kier alpha value is -1.65. The first kappa shape index (κ1) is 14.0. The minimum absolute atomic E-state index is 1.01. The van der Waals surface area contributed by atoms with E-state index in [0.717, 1.165) is 17.9 Å². The summed E-state index contributed by atoms with van der Waals surface area (Å²) in [4.78, 5) is 10.0. The Bertz CT molecular complexity index is 717. The molecule has 3 aromatic rings. The molecule has 0 radical (unpaired) electrons. The van der Waals surface area contributed by atoms with Gasteiger partial charge < -0.3 is 4.40 Å². The number of hydrogen-bond acceptors (Lipinski definition) is 3. The summed E-state index contributed by atoms with van der Waals surface area (Å²) in [6.07, 6.45) is 9.67. The fraction of sp³-hybridized carbons (Fsp3) is 0.389. The third-order valence-corrected chi connectivity index (χ3v) is 5.45. The summed E-state index contributed by atoms with van der Waals surface area (Å²) >= 11 is 1.88. The lowest BCUT2D eigenvalue weighted by atomic mass is 10.2. The van der Waals surface area contributed by atoms with Crippen LogP contribution >= 0.6 is 11.3 Å².